The highest BCUT2D eigenvalue weighted by molar-refractivity contribution is 7.98. The zero-order chi connectivity index (χ0) is 15.4. The molecule has 0 atom stereocenters. The second-order valence-electron chi connectivity index (χ2n) is 4.16. The van der Waals surface area contributed by atoms with Crippen LogP contribution in [0.15, 0.2) is 46.4 Å². The number of hydrogen-bond acceptors (Lipinski definition) is 3. The van der Waals surface area contributed by atoms with Gasteiger partial charge in [-0.05, 0) is 29.8 Å². The van der Waals surface area contributed by atoms with E-state index < -0.39 is 11.6 Å². The molecule has 0 bridgehead atoms. The van der Waals surface area contributed by atoms with Crippen molar-refractivity contribution in [2.75, 3.05) is 0 Å². The lowest BCUT2D eigenvalue weighted by Gasteiger charge is -2.07. The van der Waals surface area contributed by atoms with Gasteiger partial charge in [0.15, 0.2) is 17.5 Å². The van der Waals surface area contributed by atoms with Crippen LogP contribution in [0.4, 0.5) is 8.78 Å². The first kappa shape index (κ1) is 15.6. The minimum Gasteiger partial charge on any atom is -0.409 e. The van der Waals surface area contributed by atoms with Crippen LogP contribution in [0.2, 0.25) is 5.02 Å². The van der Waals surface area contributed by atoms with Crippen molar-refractivity contribution in [2.24, 2.45) is 10.9 Å². The first-order valence-electron chi connectivity index (χ1n) is 5.85. The van der Waals surface area contributed by atoms with Gasteiger partial charge in [0.1, 0.15) is 0 Å². The van der Waals surface area contributed by atoms with Crippen molar-refractivity contribution in [2.45, 2.75) is 10.6 Å². The predicted octanol–water partition coefficient (Wildman–Crippen LogP) is 4.01. The van der Waals surface area contributed by atoms with E-state index in [1.807, 2.05) is 0 Å². The summed E-state index contributed by atoms with van der Waals surface area (Å²) in [5.41, 5.74) is 6.78. The van der Waals surface area contributed by atoms with Gasteiger partial charge >= 0.3 is 0 Å². The predicted molar refractivity (Wildman–Crippen MR) is 79.9 cm³/mol. The average molecular weight is 329 g/mol. The van der Waals surface area contributed by atoms with E-state index in [1.54, 1.807) is 18.2 Å². The maximum absolute atomic E-state index is 13.1. The second kappa shape index (κ2) is 6.78. The van der Waals surface area contributed by atoms with E-state index in [-0.39, 0.29) is 5.84 Å². The van der Waals surface area contributed by atoms with E-state index >= 15 is 0 Å². The lowest BCUT2D eigenvalue weighted by molar-refractivity contribution is 0.318. The standard InChI is InChI=1S/C14H11ClF2N2OS/c15-11-5-8(14(18)19-20)1-2-9(11)7-21-10-3-4-12(16)13(17)6-10/h1-6,20H,7H2,(H2,18,19). The van der Waals surface area contributed by atoms with E-state index in [2.05, 4.69) is 5.16 Å². The number of hydrogen-bond donors (Lipinski definition) is 2. The van der Waals surface area contributed by atoms with Crippen molar-refractivity contribution in [3.05, 3.63) is 64.2 Å². The number of thioether (sulfide) groups is 1. The molecule has 7 heteroatoms. The molecule has 0 aliphatic carbocycles. The Kier molecular flexibility index (Phi) is 5.03. The molecule has 0 radical (unpaired) electrons. The number of nitrogens with two attached hydrogens (primary N) is 1. The first-order chi connectivity index (χ1) is 10.0. The Bertz CT molecular complexity index is 695. The number of benzene rings is 2. The van der Waals surface area contributed by atoms with Crippen LogP contribution in [0.25, 0.3) is 0 Å². The number of amidine groups is 1. The molecule has 2 aromatic carbocycles. The molecular weight excluding hydrogens is 318 g/mol. The van der Waals surface area contributed by atoms with Crippen LogP contribution in [-0.2, 0) is 5.75 Å². The molecule has 110 valence electrons. The van der Waals surface area contributed by atoms with Crippen molar-refractivity contribution >= 4 is 29.2 Å². The quantitative estimate of drug-likeness (QED) is 0.293. The van der Waals surface area contributed by atoms with Gasteiger partial charge in [0, 0.05) is 21.2 Å². The lowest BCUT2D eigenvalue weighted by atomic mass is 10.1. The topological polar surface area (TPSA) is 58.6 Å². The Labute approximate surface area is 129 Å². The van der Waals surface area contributed by atoms with Crippen molar-refractivity contribution in [3.8, 4) is 0 Å². The number of oxime groups is 1. The van der Waals surface area contributed by atoms with Crippen LogP contribution in [0.5, 0.6) is 0 Å². The van der Waals surface area contributed by atoms with Crippen LogP contribution >= 0.6 is 23.4 Å². The van der Waals surface area contributed by atoms with E-state index in [9.17, 15) is 8.78 Å². The van der Waals surface area contributed by atoms with Gasteiger partial charge < -0.3 is 10.9 Å². The third kappa shape index (κ3) is 3.86. The molecule has 0 heterocycles. The molecule has 3 nitrogen and oxygen atoms in total. The normalized spacial score (nSPS) is 11.7. The molecule has 0 aliphatic rings. The van der Waals surface area contributed by atoms with Crippen LogP contribution < -0.4 is 5.73 Å². The third-order valence-electron chi connectivity index (χ3n) is 2.74. The maximum Gasteiger partial charge on any atom is 0.170 e. The SMILES string of the molecule is N/C(=N/O)c1ccc(CSc2ccc(F)c(F)c2)c(Cl)c1. The molecule has 2 aromatic rings. The van der Waals surface area contributed by atoms with E-state index in [1.165, 1.54) is 17.8 Å². The van der Waals surface area contributed by atoms with Gasteiger partial charge in [0.05, 0.1) is 0 Å². The second-order valence-corrected chi connectivity index (χ2v) is 5.61. The van der Waals surface area contributed by atoms with E-state index in [0.29, 0.717) is 21.2 Å². The van der Waals surface area contributed by atoms with Crippen LogP contribution in [0.3, 0.4) is 0 Å². The van der Waals surface area contributed by atoms with E-state index in [4.69, 9.17) is 22.5 Å². The van der Waals surface area contributed by atoms with Gasteiger partial charge in [-0.3, -0.25) is 0 Å². The van der Waals surface area contributed by atoms with Crippen molar-refractivity contribution in [1.82, 2.24) is 0 Å². The van der Waals surface area contributed by atoms with Crippen LogP contribution in [0.1, 0.15) is 11.1 Å². The molecule has 21 heavy (non-hydrogen) atoms. The van der Waals surface area contributed by atoms with Gasteiger partial charge in [-0.25, -0.2) is 8.78 Å². The summed E-state index contributed by atoms with van der Waals surface area (Å²) >= 11 is 7.44. The summed E-state index contributed by atoms with van der Waals surface area (Å²) in [6, 6.07) is 8.71. The van der Waals surface area contributed by atoms with Crippen molar-refractivity contribution < 1.29 is 14.0 Å². The third-order valence-corrected chi connectivity index (χ3v) is 4.14. The zero-order valence-corrected chi connectivity index (χ0v) is 12.3. The lowest BCUT2D eigenvalue weighted by Crippen LogP contribution is -2.12. The molecule has 2 rings (SSSR count). The molecule has 0 amide bonds. The van der Waals surface area contributed by atoms with Crippen LogP contribution in [-0.4, -0.2) is 11.0 Å². The molecular formula is C14H11ClF2N2OS. The first-order valence-corrected chi connectivity index (χ1v) is 7.22. The van der Waals surface area contributed by atoms with Gasteiger partial charge in [0.2, 0.25) is 0 Å². The molecule has 0 unspecified atom stereocenters. The Hall–Kier alpha value is -1.79. The largest absolute Gasteiger partial charge is 0.409 e. The summed E-state index contributed by atoms with van der Waals surface area (Å²) in [5, 5.41) is 11.9. The molecule has 3 N–H and O–H groups in total. The number of halogens is 3. The van der Waals surface area contributed by atoms with Crippen molar-refractivity contribution in [1.29, 1.82) is 0 Å². The summed E-state index contributed by atoms with van der Waals surface area (Å²) in [7, 11) is 0. The minimum atomic E-state index is -0.881. The molecule has 0 spiro atoms. The molecule has 0 saturated heterocycles. The smallest absolute Gasteiger partial charge is 0.170 e. The molecule has 0 aromatic heterocycles. The van der Waals surface area contributed by atoms with Crippen molar-refractivity contribution in [3.63, 3.8) is 0 Å². The average Bonchev–Trinajstić information content (AvgIpc) is 2.48. The Morgan fingerprint density at radius 3 is 2.57 bits per heavy atom. The van der Waals surface area contributed by atoms with Gasteiger partial charge in [-0.2, -0.15) is 0 Å². The summed E-state index contributed by atoms with van der Waals surface area (Å²) in [6.45, 7) is 0. The number of nitrogens with zero attached hydrogens (tertiary/aromatic N) is 1. The zero-order valence-electron chi connectivity index (χ0n) is 10.7. The monoisotopic (exact) mass is 328 g/mol. The van der Waals surface area contributed by atoms with Crippen LogP contribution in [0, 0.1) is 11.6 Å². The Balaban J connectivity index is 2.11. The van der Waals surface area contributed by atoms with Gasteiger partial charge in [-0.15, -0.1) is 11.8 Å². The summed E-state index contributed by atoms with van der Waals surface area (Å²) in [4.78, 5) is 0.602. The minimum absolute atomic E-state index is 0.0308. The van der Waals surface area contributed by atoms with E-state index in [0.717, 1.165) is 17.7 Å². The molecule has 0 aliphatic heterocycles. The maximum atomic E-state index is 13.1. The Morgan fingerprint density at radius 1 is 1.19 bits per heavy atom. The summed E-state index contributed by atoms with van der Waals surface area (Å²) in [6.07, 6.45) is 0. The highest BCUT2D eigenvalue weighted by Crippen LogP contribution is 2.28. The molecule has 0 saturated carbocycles. The highest BCUT2D eigenvalue weighted by Gasteiger charge is 2.07. The Morgan fingerprint density at radius 2 is 1.95 bits per heavy atom. The number of rotatable bonds is 4. The highest BCUT2D eigenvalue weighted by atomic mass is 35.5. The summed E-state index contributed by atoms with van der Waals surface area (Å²) < 4.78 is 25.9. The van der Waals surface area contributed by atoms with Gasteiger partial charge in [0.25, 0.3) is 0 Å². The fraction of sp³-hybridized carbons (Fsp3) is 0.0714. The fourth-order valence-electron chi connectivity index (χ4n) is 1.61. The summed E-state index contributed by atoms with van der Waals surface area (Å²) in [5.74, 6) is -1.30. The fourth-order valence-corrected chi connectivity index (χ4v) is 2.86. The molecule has 0 fully saturated rings. The van der Waals surface area contributed by atoms with Gasteiger partial charge in [-0.1, -0.05) is 28.9 Å².